The first-order chi connectivity index (χ1) is 8.06. The fraction of sp³-hybridized carbons (Fsp3) is 0.333. The van der Waals surface area contributed by atoms with Gasteiger partial charge in [0.05, 0.1) is 5.56 Å². The molecule has 0 radical (unpaired) electrons. The van der Waals surface area contributed by atoms with Gasteiger partial charge in [0.2, 0.25) is 0 Å². The van der Waals surface area contributed by atoms with E-state index in [-0.39, 0.29) is 5.56 Å². The Balaban J connectivity index is 2.75. The van der Waals surface area contributed by atoms with Gasteiger partial charge in [-0.2, -0.15) is 0 Å². The van der Waals surface area contributed by atoms with E-state index in [0.717, 1.165) is 0 Å². The molecule has 0 amide bonds. The van der Waals surface area contributed by atoms with Gasteiger partial charge in [0.1, 0.15) is 6.04 Å². The molecule has 0 aliphatic heterocycles. The van der Waals surface area contributed by atoms with Crippen molar-refractivity contribution in [2.24, 2.45) is 0 Å². The van der Waals surface area contributed by atoms with Gasteiger partial charge in [0, 0.05) is 0 Å². The number of hydrogen-bond donors (Lipinski definition) is 3. The summed E-state index contributed by atoms with van der Waals surface area (Å²) in [5, 5.41) is 20.5. The highest BCUT2D eigenvalue weighted by molar-refractivity contribution is 5.89. The van der Waals surface area contributed by atoms with Crippen molar-refractivity contribution in [3.63, 3.8) is 0 Å². The lowest BCUT2D eigenvalue weighted by Gasteiger charge is -2.11. The fourth-order valence-electron chi connectivity index (χ4n) is 1.64. The maximum atomic E-state index is 10.9. The Morgan fingerprint density at radius 3 is 2.47 bits per heavy atom. The molecule has 92 valence electrons. The third-order valence-electron chi connectivity index (χ3n) is 2.60. The maximum absolute atomic E-state index is 10.9. The number of carboxylic acids is 2. The van der Waals surface area contributed by atoms with Crippen molar-refractivity contribution in [2.45, 2.75) is 18.9 Å². The third kappa shape index (κ3) is 3.57. The molecule has 0 unspecified atom stereocenters. The number of aromatic carboxylic acids is 1. The topological polar surface area (TPSA) is 86.6 Å². The predicted molar refractivity (Wildman–Crippen MR) is 62.2 cm³/mol. The average Bonchev–Trinajstić information content (AvgIpc) is 2.29. The highest BCUT2D eigenvalue weighted by atomic mass is 16.4. The minimum atomic E-state index is -0.989. The highest BCUT2D eigenvalue weighted by Gasteiger charge is 2.16. The van der Waals surface area contributed by atoms with Crippen molar-refractivity contribution in [1.82, 2.24) is 5.32 Å². The number of aliphatic carboxylic acids is 1. The lowest BCUT2D eigenvalue weighted by atomic mass is 10.0. The molecule has 0 aliphatic rings. The van der Waals surface area contributed by atoms with Crippen LogP contribution in [-0.2, 0) is 11.2 Å². The van der Waals surface area contributed by atoms with Crippen LogP contribution in [0.15, 0.2) is 24.3 Å². The molecule has 1 atom stereocenters. The molecule has 5 heteroatoms. The smallest absolute Gasteiger partial charge is 0.335 e. The van der Waals surface area contributed by atoms with Crippen LogP contribution in [0.4, 0.5) is 0 Å². The molecule has 0 fully saturated rings. The first kappa shape index (κ1) is 13.2. The SMILES string of the molecule is CN[C@@H](CCc1ccccc1C(=O)O)C(=O)O. The lowest BCUT2D eigenvalue weighted by molar-refractivity contribution is -0.139. The van der Waals surface area contributed by atoms with Crippen LogP contribution < -0.4 is 5.32 Å². The molecule has 0 aliphatic carbocycles. The van der Waals surface area contributed by atoms with E-state index in [4.69, 9.17) is 10.2 Å². The number of carbonyl (C=O) groups is 2. The zero-order valence-corrected chi connectivity index (χ0v) is 9.51. The normalized spacial score (nSPS) is 12.1. The number of hydrogen-bond acceptors (Lipinski definition) is 3. The molecule has 1 rings (SSSR count). The number of rotatable bonds is 6. The number of likely N-dealkylation sites (N-methyl/N-ethyl adjacent to an activating group) is 1. The van der Waals surface area contributed by atoms with Crippen molar-refractivity contribution in [3.05, 3.63) is 35.4 Å². The summed E-state index contributed by atoms with van der Waals surface area (Å²) in [6, 6.07) is 5.97. The van der Waals surface area contributed by atoms with Crippen LogP contribution >= 0.6 is 0 Å². The van der Waals surface area contributed by atoms with Crippen LogP contribution in [0.5, 0.6) is 0 Å². The predicted octanol–water partition coefficient (Wildman–Crippen LogP) is 0.990. The summed E-state index contributed by atoms with van der Waals surface area (Å²) in [6.07, 6.45) is 0.774. The first-order valence-corrected chi connectivity index (χ1v) is 5.27. The minimum Gasteiger partial charge on any atom is -0.480 e. The zero-order valence-electron chi connectivity index (χ0n) is 9.51. The Morgan fingerprint density at radius 1 is 1.29 bits per heavy atom. The number of aryl methyl sites for hydroxylation is 1. The van der Waals surface area contributed by atoms with E-state index in [2.05, 4.69) is 5.32 Å². The van der Waals surface area contributed by atoms with Crippen LogP contribution in [0.3, 0.4) is 0 Å². The molecular weight excluding hydrogens is 222 g/mol. The molecule has 0 saturated heterocycles. The van der Waals surface area contributed by atoms with Crippen LogP contribution in [0.2, 0.25) is 0 Å². The monoisotopic (exact) mass is 237 g/mol. The van der Waals surface area contributed by atoms with E-state index in [1.54, 1.807) is 25.2 Å². The number of benzene rings is 1. The minimum absolute atomic E-state index is 0.229. The summed E-state index contributed by atoms with van der Waals surface area (Å²) in [5.74, 6) is -1.92. The standard InChI is InChI=1S/C12H15NO4/c1-13-10(12(16)17)7-6-8-4-2-3-5-9(8)11(14)15/h2-5,10,13H,6-7H2,1H3,(H,14,15)(H,16,17)/t10-/m0/s1. The van der Waals surface area contributed by atoms with Gasteiger partial charge in [-0.1, -0.05) is 18.2 Å². The summed E-state index contributed by atoms with van der Waals surface area (Å²) in [5.41, 5.74) is 0.884. The lowest BCUT2D eigenvalue weighted by Crippen LogP contribution is -2.34. The average molecular weight is 237 g/mol. The molecule has 1 aromatic rings. The summed E-state index contributed by atoms with van der Waals surface area (Å²) in [7, 11) is 1.57. The van der Waals surface area contributed by atoms with Gasteiger partial charge in [0.15, 0.2) is 0 Å². The van der Waals surface area contributed by atoms with Crippen molar-refractivity contribution in [3.8, 4) is 0 Å². The van der Waals surface area contributed by atoms with Crippen molar-refractivity contribution in [1.29, 1.82) is 0 Å². The number of carboxylic acid groups (broad SMARTS) is 2. The molecule has 0 aromatic heterocycles. The van der Waals surface area contributed by atoms with E-state index in [9.17, 15) is 9.59 Å². The van der Waals surface area contributed by atoms with Crippen molar-refractivity contribution >= 4 is 11.9 Å². The van der Waals surface area contributed by atoms with E-state index >= 15 is 0 Å². The van der Waals surface area contributed by atoms with Gasteiger partial charge in [-0.25, -0.2) is 4.79 Å². The van der Waals surface area contributed by atoms with Gasteiger partial charge in [0.25, 0.3) is 0 Å². The molecule has 1 aromatic carbocycles. The summed E-state index contributed by atoms with van der Waals surface area (Å²) < 4.78 is 0. The van der Waals surface area contributed by atoms with Crippen molar-refractivity contribution in [2.75, 3.05) is 7.05 Å². The third-order valence-corrected chi connectivity index (χ3v) is 2.60. The molecular formula is C12H15NO4. The van der Waals surface area contributed by atoms with Crippen LogP contribution in [0.25, 0.3) is 0 Å². The second-order valence-electron chi connectivity index (χ2n) is 3.68. The largest absolute Gasteiger partial charge is 0.480 e. The van der Waals surface area contributed by atoms with E-state index < -0.39 is 18.0 Å². The molecule has 0 spiro atoms. The van der Waals surface area contributed by atoms with Crippen LogP contribution in [0, 0.1) is 0 Å². The second-order valence-corrected chi connectivity index (χ2v) is 3.68. The highest BCUT2D eigenvalue weighted by Crippen LogP contribution is 2.12. The van der Waals surface area contributed by atoms with Gasteiger partial charge in [-0.15, -0.1) is 0 Å². The molecule has 0 heterocycles. The van der Waals surface area contributed by atoms with Gasteiger partial charge in [-0.05, 0) is 31.5 Å². The quantitative estimate of drug-likeness (QED) is 0.686. The fourth-order valence-corrected chi connectivity index (χ4v) is 1.64. The Bertz CT molecular complexity index is 417. The Labute approximate surface area is 99.1 Å². The summed E-state index contributed by atoms with van der Waals surface area (Å²) in [6.45, 7) is 0. The zero-order chi connectivity index (χ0) is 12.8. The van der Waals surface area contributed by atoms with E-state index in [0.29, 0.717) is 18.4 Å². The number of nitrogens with one attached hydrogen (secondary N) is 1. The Kier molecular flexibility index (Phi) is 4.66. The van der Waals surface area contributed by atoms with Gasteiger partial charge < -0.3 is 15.5 Å². The van der Waals surface area contributed by atoms with E-state index in [1.165, 1.54) is 6.07 Å². The van der Waals surface area contributed by atoms with Gasteiger partial charge in [-0.3, -0.25) is 4.79 Å². The van der Waals surface area contributed by atoms with Crippen molar-refractivity contribution < 1.29 is 19.8 Å². The molecule has 0 bridgehead atoms. The molecule has 17 heavy (non-hydrogen) atoms. The molecule has 5 nitrogen and oxygen atoms in total. The Hall–Kier alpha value is -1.88. The van der Waals surface area contributed by atoms with Gasteiger partial charge >= 0.3 is 11.9 Å². The maximum Gasteiger partial charge on any atom is 0.335 e. The summed E-state index contributed by atoms with van der Waals surface area (Å²) >= 11 is 0. The second kappa shape index (κ2) is 6.00. The van der Waals surface area contributed by atoms with Crippen LogP contribution in [-0.4, -0.2) is 35.2 Å². The first-order valence-electron chi connectivity index (χ1n) is 5.27. The molecule has 3 N–H and O–H groups in total. The Morgan fingerprint density at radius 2 is 1.94 bits per heavy atom. The van der Waals surface area contributed by atoms with Crippen LogP contribution in [0.1, 0.15) is 22.3 Å². The molecule has 0 saturated carbocycles. The van der Waals surface area contributed by atoms with E-state index in [1.807, 2.05) is 0 Å². The summed E-state index contributed by atoms with van der Waals surface area (Å²) in [4.78, 5) is 21.7.